The average molecular weight is 618 g/mol. The molecule has 1 aliphatic heterocycles. The summed E-state index contributed by atoms with van der Waals surface area (Å²) in [5.74, 6) is 0.678. The number of anilines is 2. The predicted octanol–water partition coefficient (Wildman–Crippen LogP) is 5.58. The van der Waals surface area contributed by atoms with Crippen LogP contribution in [0.1, 0.15) is 63.1 Å². The van der Waals surface area contributed by atoms with Crippen LogP contribution in [0.5, 0.6) is 0 Å². The molecule has 0 atom stereocenters. The number of pyridine rings is 1. The molecule has 12 heteroatoms. The van der Waals surface area contributed by atoms with Crippen molar-refractivity contribution in [3.63, 3.8) is 0 Å². The summed E-state index contributed by atoms with van der Waals surface area (Å²) in [5, 5.41) is 16.2. The zero-order valence-electron chi connectivity index (χ0n) is 25.2. The Morgan fingerprint density at radius 2 is 1.73 bits per heavy atom. The first kappa shape index (κ1) is 29.9. The molecule has 1 amide bonds. The highest BCUT2D eigenvalue weighted by molar-refractivity contribution is 7.90. The van der Waals surface area contributed by atoms with Gasteiger partial charge in [-0.05, 0) is 76.1 Å². The van der Waals surface area contributed by atoms with Gasteiger partial charge in [0.2, 0.25) is 5.95 Å². The minimum absolute atomic E-state index is 0.0674. The van der Waals surface area contributed by atoms with Gasteiger partial charge in [0, 0.05) is 54.2 Å². The Morgan fingerprint density at radius 3 is 2.41 bits per heavy atom. The van der Waals surface area contributed by atoms with E-state index in [-0.39, 0.29) is 17.0 Å². The largest absolute Gasteiger partial charge is 0.465 e. The maximum absolute atomic E-state index is 14.1. The van der Waals surface area contributed by atoms with E-state index >= 15 is 0 Å². The normalized spacial score (nSPS) is 18.9. The molecule has 44 heavy (non-hydrogen) atoms. The number of nitrogens with zero attached hydrogens (tertiary/aromatic N) is 5. The van der Waals surface area contributed by atoms with Gasteiger partial charge in [-0.25, -0.2) is 32.1 Å². The molecule has 3 N–H and O–H groups in total. The molecule has 2 fully saturated rings. The first-order chi connectivity index (χ1) is 21.2. The highest BCUT2D eigenvalue weighted by Gasteiger charge is 2.29. The lowest BCUT2D eigenvalue weighted by molar-refractivity contribution is 0.185. The first-order valence-corrected chi connectivity index (χ1v) is 16.9. The zero-order chi connectivity index (χ0) is 30.8. The van der Waals surface area contributed by atoms with Crippen molar-refractivity contribution in [3.8, 4) is 11.3 Å². The number of aryl methyl sites for hydroxylation is 2. The Hall–Kier alpha value is -4.19. The smallest absolute Gasteiger partial charge is 0.404 e. The van der Waals surface area contributed by atoms with Crippen molar-refractivity contribution < 1.29 is 18.3 Å². The van der Waals surface area contributed by atoms with E-state index in [4.69, 9.17) is 9.97 Å². The van der Waals surface area contributed by atoms with Gasteiger partial charge in [-0.2, -0.15) is 0 Å². The quantitative estimate of drug-likeness (QED) is 0.219. The van der Waals surface area contributed by atoms with E-state index in [9.17, 15) is 18.3 Å². The fourth-order valence-corrected chi connectivity index (χ4v) is 7.89. The maximum Gasteiger partial charge on any atom is 0.404 e. The molecule has 4 heterocycles. The molecular weight excluding hydrogens is 578 g/mol. The molecule has 0 unspecified atom stereocenters. The van der Waals surface area contributed by atoms with Crippen LogP contribution in [-0.4, -0.2) is 63.7 Å². The molecule has 0 spiro atoms. The predicted molar refractivity (Wildman–Crippen MR) is 171 cm³/mol. The molecule has 0 bridgehead atoms. The van der Waals surface area contributed by atoms with Crippen molar-refractivity contribution in [1.82, 2.24) is 24.2 Å². The molecule has 1 saturated carbocycles. The van der Waals surface area contributed by atoms with Gasteiger partial charge in [0.05, 0.1) is 16.3 Å². The number of nitrogens with one attached hydrogen (secondary N) is 2. The molecule has 1 saturated heterocycles. The maximum atomic E-state index is 14.1. The monoisotopic (exact) mass is 617 g/mol. The van der Waals surface area contributed by atoms with E-state index in [1.54, 1.807) is 36.7 Å². The molecule has 11 nitrogen and oxygen atoms in total. The summed E-state index contributed by atoms with van der Waals surface area (Å²) in [7, 11) is -3.93. The van der Waals surface area contributed by atoms with Crippen molar-refractivity contribution in [2.45, 2.75) is 82.2 Å². The summed E-state index contributed by atoms with van der Waals surface area (Å²) >= 11 is 0. The average Bonchev–Trinajstić information content (AvgIpc) is 3.68. The molecule has 2 aliphatic rings. The van der Waals surface area contributed by atoms with Crippen molar-refractivity contribution >= 4 is 38.8 Å². The lowest BCUT2D eigenvalue weighted by Gasteiger charge is -2.30. The molecule has 3 aromatic heterocycles. The van der Waals surface area contributed by atoms with Gasteiger partial charge < -0.3 is 20.6 Å². The second kappa shape index (κ2) is 12.4. The minimum Gasteiger partial charge on any atom is -0.465 e. The number of carbonyl (C=O) groups is 1. The summed E-state index contributed by atoms with van der Waals surface area (Å²) in [6.45, 7) is 5.79. The van der Waals surface area contributed by atoms with E-state index in [1.807, 2.05) is 26.0 Å². The molecule has 6 rings (SSSR count). The van der Waals surface area contributed by atoms with Gasteiger partial charge in [-0.15, -0.1) is 0 Å². The summed E-state index contributed by atoms with van der Waals surface area (Å²) in [5.41, 5.74) is 4.30. The SMILES string of the molecule is CCCc1cc2c(NC3CCC(NC(=O)O)CC3)c(-c3ccnc(N4CCCC4)n3)cnc2n1S(=O)(=O)c1ccc(C)cc1. The highest BCUT2D eigenvalue weighted by Crippen LogP contribution is 2.38. The second-order valence-corrected chi connectivity index (χ2v) is 13.6. The lowest BCUT2D eigenvalue weighted by atomic mass is 9.90. The van der Waals surface area contributed by atoms with Gasteiger partial charge in [-0.3, -0.25) is 0 Å². The second-order valence-electron chi connectivity index (χ2n) is 11.8. The third-order valence-corrected chi connectivity index (χ3v) is 10.4. The number of hydrogen-bond donors (Lipinski definition) is 3. The summed E-state index contributed by atoms with van der Waals surface area (Å²) < 4.78 is 29.6. The van der Waals surface area contributed by atoms with Crippen LogP contribution in [-0.2, 0) is 16.4 Å². The number of benzene rings is 1. The summed E-state index contributed by atoms with van der Waals surface area (Å²) in [6, 6.07) is 10.7. The number of hydrogen-bond acceptors (Lipinski definition) is 8. The number of amides is 1. The van der Waals surface area contributed by atoms with E-state index in [2.05, 4.69) is 20.5 Å². The van der Waals surface area contributed by atoms with Gasteiger partial charge >= 0.3 is 6.09 Å². The zero-order valence-corrected chi connectivity index (χ0v) is 26.0. The van der Waals surface area contributed by atoms with Crippen LogP contribution in [0.15, 0.2) is 53.7 Å². The van der Waals surface area contributed by atoms with Crippen molar-refractivity contribution in [2.24, 2.45) is 0 Å². The fourth-order valence-electron chi connectivity index (χ4n) is 6.37. The van der Waals surface area contributed by atoms with Gasteiger partial charge in [0.15, 0.2) is 5.65 Å². The molecule has 0 radical (unpaired) electrons. The molecule has 1 aliphatic carbocycles. The molecule has 232 valence electrons. The van der Waals surface area contributed by atoms with Gasteiger partial charge in [0.1, 0.15) is 0 Å². The van der Waals surface area contributed by atoms with E-state index in [0.29, 0.717) is 47.6 Å². The van der Waals surface area contributed by atoms with Crippen LogP contribution in [0, 0.1) is 6.92 Å². The van der Waals surface area contributed by atoms with Crippen molar-refractivity contribution in [2.75, 3.05) is 23.3 Å². The third-order valence-electron chi connectivity index (χ3n) is 8.64. The number of fused-ring (bicyclic) bond motifs is 1. The Balaban J connectivity index is 1.48. The first-order valence-electron chi connectivity index (χ1n) is 15.4. The van der Waals surface area contributed by atoms with E-state index < -0.39 is 16.1 Å². The van der Waals surface area contributed by atoms with Crippen LogP contribution >= 0.6 is 0 Å². The number of rotatable bonds is 9. The Labute approximate surface area is 257 Å². The molecule has 4 aromatic rings. The van der Waals surface area contributed by atoms with Crippen LogP contribution in [0.3, 0.4) is 0 Å². The Bertz CT molecular complexity index is 1760. The van der Waals surface area contributed by atoms with Crippen molar-refractivity contribution in [3.05, 3.63) is 60.0 Å². The van der Waals surface area contributed by atoms with Crippen LogP contribution in [0.25, 0.3) is 22.3 Å². The van der Waals surface area contributed by atoms with Crippen LogP contribution in [0.2, 0.25) is 0 Å². The summed E-state index contributed by atoms with van der Waals surface area (Å²) in [6.07, 6.45) is 8.98. The van der Waals surface area contributed by atoms with E-state index in [0.717, 1.165) is 62.0 Å². The fraction of sp³-hybridized carbons (Fsp3) is 0.438. The number of aromatic nitrogens is 4. The molecule has 1 aromatic carbocycles. The van der Waals surface area contributed by atoms with Crippen LogP contribution < -0.4 is 15.5 Å². The lowest BCUT2D eigenvalue weighted by Crippen LogP contribution is -2.39. The van der Waals surface area contributed by atoms with Gasteiger partial charge in [0.25, 0.3) is 10.0 Å². The van der Waals surface area contributed by atoms with Crippen LogP contribution in [0.4, 0.5) is 16.4 Å². The van der Waals surface area contributed by atoms with E-state index in [1.165, 1.54) is 3.97 Å². The molecular formula is C32H39N7O4S. The highest BCUT2D eigenvalue weighted by atomic mass is 32.2. The van der Waals surface area contributed by atoms with Gasteiger partial charge in [-0.1, -0.05) is 31.0 Å². The third kappa shape index (κ3) is 5.95. The number of carboxylic acid groups (broad SMARTS) is 1. The topological polar surface area (TPSA) is 142 Å². The Morgan fingerprint density at radius 1 is 1.02 bits per heavy atom. The van der Waals surface area contributed by atoms with Crippen molar-refractivity contribution in [1.29, 1.82) is 0 Å². The Kier molecular flexibility index (Phi) is 8.44. The minimum atomic E-state index is -3.93. The summed E-state index contributed by atoms with van der Waals surface area (Å²) in [4.78, 5) is 27.9. The standard InChI is InChI=1S/C32H39N7O4S/c1-3-6-24-19-26-29(35-22-9-11-23(12-10-22)36-32(40)41)27(28-15-16-33-31(37-28)38-17-4-5-18-38)20-34-30(26)39(24)44(42,43)25-13-7-21(2)8-14-25/h7-8,13-16,19-20,22-23,36H,3-6,9-12,17-18H2,1-2H3,(H,34,35)(H,40,41).